The van der Waals surface area contributed by atoms with Crippen LogP contribution in [0, 0.1) is 0 Å². The van der Waals surface area contributed by atoms with Crippen LogP contribution in [-0.2, 0) is 18.9 Å². The van der Waals surface area contributed by atoms with Gasteiger partial charge < -0.3 is 29.2 Å². The lowest BCUT2D eigenvalue weighted by atomic mass is 9.99. The van der Waals surface area contributed by atoms with Gasteiger partial charge in [0.25, 0.3) is 0 Å². The van der Waals surface area contributed by atoms with Crippen LogP contribution in [0.5, 0.6) is 0 Å². The lowest BCUT2D eigenvalue weighted by Gasteiger charge is -2.41. The van der Waals surface area contributed by atoms with Crippen molar-refractivity contribution in [2.75, 3.05) is 27.9 Å². The van der Waals surface area contributed by atoms with E-state index in [4.69, 9.17) is 18.9 Å². The van der Waals surface area contributed by atoms with Gasteiger partial charge in [-0.2, -0.15) is 0 Å². The summed E-state index contributed by atoms with van der Waals surface area (Å²) in [6, 6.07) is 0. The highest BCUT2D eigenvalue weighted by atomic mass is 16.7. The number of aliphatic hydroxyl groups is 2. The highest BCUT2D eigenvalue weighted by molar-refractivity contribution is 4.90. The summed E-state index contributed by atoms with van der Waals surface area (Å²) in [5, 5.41) is 19.4. The van der Waals surface area contributed by atoms with Crippen LogP contribution in [0.3, 0.4) is 0 Å². The quantitative estimate of drug-likeness (QED) is 0.618. The highest BCUT2D eigenvalue weighted by Crippen LogP contribution is 2.23. The summed E-state index contributed by atoms with van der Waals surface area (Å²) in [5.41, 5.74) is 0. The molecule has 1 heterocycles. The lowest BCUT2D eigenvalue weighted by Crippen LogP contribution is -2.59. The molecule has 6 heteroatoms. The van der Waals surface area contributed by atoms with Gasteiger partial charge in [-0.3, -0.25) is 0 Å². The molecule has 1 saturated heterocycles. The number of ether oxygens (including phenoxy) is 4. The van der Waals surface area contributed by atoms with Crippen molar-refractivity contribution in [1.29, 1.82) is 0 Å². The Bertz CT molecular complexity index is 185. The summed E-state index contributed by atoms with van der Waals surface area (Å²) in [5.74, 6) is 0. The van der Waals surface area contributed by atoms with E-state index in [0.29, 0.717) is 0 Å². The number of aliphatic hydroxyl groups excluding tert-OH is 2. The van der Waals surface area contributed by atoms with Gasteiger partial charge in [0, 0.05) is 21.3 Å². The summed E-state index contributed by atoms with van der Waals surface area (Å²) in [4.78, 5) is 0. The van der Waals surface area contributed by atoms with E-state index in [1.54, 1.807) is 0 Å². The second-order valence-corrected chi connectivity index (χ2v) is 3.41. The molecule has 0 unspecified atom stereocenters. The molecular formula is C9H18O6. The number of rotatable bonds is 4. The molecule has 1 aliphatic rings. The van der Waals surface area contributed by atoms with Gasteiger partial charge in [0.15, 0.2) is 6.29 Å². The number of methoxy groups -OCH3 is 3. The Morgan fingerprint density at radius 1 is 1.07 bits per heavy atom. The predicted octanol–water partition coefficient (Wildman–Crippen LogP) is -1.26. The van der Waals surface area contributed by atoms with Gasteiger partial charge in [-0.05, 0) is 0 Å². The summed E-state index contributed by atoms with van der Waals surface area (Å²) < 4.78 is 20.2. The first-order chi connectivity index (χ1) is 7.15. The van der Waals surface area contributed by atoms with Crippen molar-refractivity contribution >= 4 is 0 Å². The van der Waals surface area contributed by atoms with Gasteiger partial charge in [-0.1, -0.05) is 0 Å². The van der Waals surface area contributed by atoms with E-state index in [2.05, 4.69) is 0 Å². The minimum atomic E-state index is -1.17. The predicted molar refractivity (Wildman–Crippen MR) is 50.4 cm³/mol. The zero-order valence-corrected chi connectivity index (χ0v) is 9.12. The average molecular weight is 222 g/mol. The Morgan fingerprint density at radius 2 is 1.67 bits per heavy atom. The molecule has 90 valence electrons. The Balaban J connectivity index is 2.70. The van der Waals surface area contributed by atoms with E-state index < -0.39 is 30.7 Å². The fourth-order valence-electron chi connectivity index (χ4n) is 1.75. The maximum atomic E-state index is 9.85. The fraction of sp³-hybridized carbons (Fsp3) is 1.00. The molecule has 0 bridgehead atoms. The molecule has 1 aliphatic heterocycles. The van der Waals surface area contributed by atoms with Crippen molar-refractivity contribution in [2.24, 2.45) is 0 Å². The van der Waals surface area contributed by atoms with Gasteiger partial charge >= 0.3 is 0 Å². The molecule has 1 fully saturated rings. The molecule has 0 aromatic heterocycles. The maximum Gasteiger partial charge on any atom is 0.184 e. The molecule has 6 nitrogen and oxygen atoms in total. The molecule has 0 saturated carbocycles. The van der Waals surface area contributed by atoms with Crippen LogP contribution in [0.15, 0.2) is 0 Å². The van der Waals surface area contributed by atoms with Crippen molar-refractivity contribution in [2.45, 2.75) is 30.7 Å². The normalized spacial score (nSPS) is 41.8. The first-order valence-electron chi connectivity index (χ1n) is 4.71. The van der Waals surface area contributed by atoms with Crippen LogP contribution >= 0.6 is 0 Å². The van der Waals surface area contributed by atoms with E-state index in [0.717, 1.165) is 0 Å². The maximum absolute atomic E-state index is 9.85. The fourth-order valence-corrected chi connectivity index (χ4v) is 1.75. The number of hydrogen-bond acceptors (Lipinski definition) is 6. The molecule has 1 rings (SSSR count). The van der Waals surface area contributed by atoms with Crippen LogP contribution in [0.4, 0.5) is 0 Å². The molecule has 0 aliphatic carbocycles. The van der Waals surface area contributed by atoms with Gasteiger partial charge in [0.2, 0.25) is 0 Å². The molecule has 0 amide bonds. The Hall–Kier alpha value is -0.240. The third-order valence-corrected chi connectivity index (χ3v) is 2.51. The third kappa shape index (κ3) is 2.66. The zero-order valence-electron chi connectivity index (χ0n) is 9.12. The van der Waals surface area contributed by atoms with Crippen LogP contribution < -0.4 is 0 Å². The summed E-state index contributed by atoms with van der Waals surface area (Å²) in [7, 11) is 4.37. The largest absolute Gasteiger partial charge is 0.387 e. The molecule has 0 radical (unpaired) electrons. The van der Waals surface area contributed by atoms with Gasteiger partial charge in [-0.25, -0.2) is 0 Å². The van der Waals surface area contributed by atoms with E-state index in [1.165, 1.54) is 21.3 Å². The topological polar surface area (TPSA) is 77.4 Å². The Morgan fingerprint density at radius 3 is 2.13 bits per heavy atom. The van der Waals surface area contributed by atoms with E-state index in [-0.39, 0.29) is 6.61 Å². The van der Waals surface area contributed by atoms with Crippen molar-refractivity contribution in [1.82, 2.24) is 0 Å². The van der Waals surface area contributed by atoms with Crippen molar-refractivity contribution in [3.63, 3.8) is 0 Å². The average Bonchev–Trinajstić information content (AvgIpc) is 2.19. The summed E-state index contributed by atoms with van der Waals surface area (Å²) in [6.45, 7) is 0.239. The van der Waals surface area contributed by atoms with Gasteiger partial charge in [0.05, 0.1) is 6.61 Å². The van der Waals surface area contributed by atoms with Crippen LogP contribution in [0.2, 0.25) is 0 Å². The smallest absolute Gasteiger partial charge is 0.184 e. The number of hydrogen-bond donors (Lipinski definition) is 2. The minimum absolute atomic E-state index is 0.239. The molecular weight excluding hydrogens is 204 g/mol. The van der Waals surface area contributed by atoms with E-state index >= 15 is 0 Å². The monoisotopic (exact) mass is 222 g/mol. The molecule has 2 N–H and O–H groups in total. The Labute approximate surface area is 88.7 Å². The molecule has 5 atom stereocenters. The highest BCUT2D eigenvalue weighted by Gasteiger charge is 2.45. The second-order valence-electron chi connectivity index (χ2n) is 3.41. The Kier molecular flexibility index (Phi) is 4.91. The van der Waals surface area contributed by atoms with Crippen molar-refractivity contribution < 1.29 is 29.2 Å². The van der Waals surface area contributed by atoms with Crippen LogP contribution in [0.1, 0.15) is 0 Å². The molecule has 0 aromatic rings. The molecule has 15 heavy (non-hydrogen) atoms. The van der Waals surface area contributed by atoms with Gasteiger partial charge in [0.1, 0.15) is 24.4 Å². The van der Waals surface area contributed by atoms with Gasteiger partial charge in [-0.15, -0.1) is 0 Å². The minimum Gasteiger partial charge on any atom is -0.387 e. The molecule has 0 spiro atoms. The third-order valence-electron chi connectivity index (χ3n) is 2.51. The molecule has 0 aromatic carbocycles. The lowest BCUT2D eigenvalue weighted by molar-refractivity contribution is -0.296. The first-order valence-corrected chi connectivity index (χ1v) is 4.71. The zero-order chi connectivity index (χ0) is 11.4. The summed E-state index contributed by atoms with van der Waals surface area (Å²) in [6.07, 6.45) is -3.99. The summed E-state index contributed by atoms with van der Waals surface area (Å²) >= 11 is 0. The second kappa shape index (κ2) is 5.74. The van der Waals surface area contributed by atoms with Crippen LogP contribution in [-0.4, -0.2) is 68.9 Å². The van der Waals surface area contributed by atoms with Crippen molar-refractivity contribution in [3.8, 4) is 0 Å². The van der Waals surface area contributed by atoms with E-state index in [9.17, 15) is 10.2 Å². The van der Waals surface area contributed by atoms with Crippen molar-refractivity contribution in [3.05, 3.63) is 0 Å². The first kappa shape index (κ1) is 12.8. The standard InChI is InChI=1S/C9H18O6/c1-12-4-5-7(13-2)6(10)8(14-3)9(11)15-5/h5-11H,4H2,1-3H3/t5-,6+,7+,8-,9-/m1/s1. The SMILES string of the molecule is COC[C@H]1O[C@@H](O)[C@H](OC)[C@@H](O)[C@H]1OC. The van der Waals surface area contributed by atoms with E-state index in [1.807, 2.05) is 0 Å². The van der Waals surface area contributed by atoms with Crippen LogP contribution in [0.25, 0.3) is 0 Å².